The predicted octanol–water partition coefficient (Wildman–Crippen LogP) is 7.62. The van der Waals surface area contributed by atoms with Gasteiger partial charge in [-0.1, -0.05) is 120 Å². The topological polar surface area (TPSA) is 36.4 Å². The molecular weight excluding hydrogens is 398 g/mol. The number of hydrogen-bond donors (Lipinski definition) is 2. The molecule has 0 aliphatic rings. The molecule has 0 saturated carbocycles. The van der Waals surface area contributed by atoms with Crippen LogP contribution >= 0.6 is 23.8 Å². The van der Waals surface area contributed by atoms with Crippen LogP contribution in [0.5, 0.6) is 0 Å². The summed E-state index contributed by atoms with van der Waals surface area (Å²) in [5, 5.41) is 8.57. The van der Waals surface area contributed by atoms with Crippen LogP contribution in [0, 0.1) is 0 Å². The Balaban J connectivity index is 1.85. The summed E-state index contributed by atoms with van der Waals surface area (Å²) >= 11 is 11.3. The minimum atomic E-state index is 0.558. The second-order valence-electron chi connectivity index (χ2n) is 7.74. The zero-order valence-electron chi connectivity index (χ0n) is 18.2. The predicted molar refractivity (Wildman–Crippen MR) is 133 cm³/mol. The quantitative estimate of drug-likeness (QED) is 0.114. The third kappa shape index (κ3) is 15.4. The van der Waals surface area contributed by atoms with Gasteiger partial charge in [0.1, 0.15) is 0 Å². The van der Waals surface area contributed by atoms with Crippen LogP contribution in [0.1, 0.15) is 102 Å². The van der Waals surface area contributed by atoms with Gasteiger partial charge in [-0.25, -0.2) is 0 Å². The number of halogens is 1. The monoisotopic (exact) mass is 437 g/mol. The molecule has 0 aliphatic heterocycles. The molecule has 0 atom stereocenters. The van der Waals surface area contributed by atoms with Crippen molar-refractivity contribution in [1.82, 2.24) is 10.7 Å². The van der Waals surface area contributed by atoms with E-state index in [-0.39, 0.29) is 0 Å². The molecule has 0 amide bonds. The van der Waals surface area contributed by atoms with Gasteiger partial charge in [0.15, 0.2) is 5.11 Å². The van der Waals surface area contributed by atoms with Crippen molar-refractivity contribution in [2.45, 2.75) is 96.8 Å². The summed E-state index contributed by atoms with van der Waals surface area (Å²) in [5.74, 6) is 0. The van der Waals surface area contributed by atoms with Crippen molar-refractivity contribution in [2.75, 3.05) is 6.54 Å². The van der Waals surface area contributed by atoms with Crippen LogP contribution in [0.2, 0.25) is 5.02 Å². The maximum Gasteiger partial charge on any atom is 0.186 e. The SMILES string of the molecule is CCCCCCCCCCCCCCCCNC(=S)N/N=C\c1ccccc1Cl. The van der Waals surface area contributed by atoms with Crippen molar-refractivity contribution in [1.29, 1.82) is 0 Å². The summed E-state index contributed by atoms with van der Waals surface area (Å²) in [7, 11) is 0. The van der Waals surface area contributed by atoms with Crippen LogP contribution in [-0.4, -0.2) is 17.9 Å². The average molecular weight is 438 g/mol. The molecule has 164 valence electrons. The van der Waals surface area contributed by atoms with Gasteiger partial charge in [-0.15, -0.1) is 0 Å². The summed E-state index contributed by atoms with van der Waals surface area (Å²) in [6.45, 7) is 3.17. The molecule has 3 nitrogen and oxygen atoms in total. The first kappa shape index (κ1) is 25.9. The number of thiocarbonyl (C=S) groups is 1. The van der Waals surface area contributed by atoms with E-state index in [0.29, 0.717) is 10.1 Å². The minimum absolute atomic E-state index is 0.558. The normalized spacial score (nSPS) is 11.1. The van der Waals surface area contributed by atoms with Crippen LogP contribution in [0.15, 0.2) is 29.4 Å². The van der Waals surface area contributed by atoms with E-state index in [1.807, 2.05) is 24.3 Å². The number of rotatable bonds is 17. The number of benzene rings is 1. The van der Waals surface area contributed by atoms with E-state index in [4.69, 9.17) is 23.8 Å². The van der Waals surface area contributed by atoms with E-state index in [9.17, 15) is 0 Å². The first-order valence-electron chi connectivity index (χ1n) is 11.6. The molecule has 0 bridgehead atoms. The molecular formula is C24H40ClN3S. The van der Waals surface area contributed by atoms with Crippen LogP contribution in [0.3, 0.4) is 0 Å². The van der Waals surface area contributed by atoms with Crippen molar-refractivity contribution in [3.05, 3.63) is 34.9 Å². The molecule has 2 N–H and O–H groups in total. The number of nitrogens with zero attached hydrogens (tertiary/aromatic N) is 1. The third-order valence-corrected chi connectivity index (χ3v) is 5.67. The lowest BCUT2D eigenvalue weighted by atomic mass is 10.0. The molecule has 0 spiro atoms. The van der Waals surface area contributed by atoms with E-state index in [2.05, 4.69) is 22.8 Å². The molecule has 0 unspecified atom stereocenters. The molecule has 0 aliphatic carbocycles. The highest BCUT2D eigenvalue weighted by Gasteiger charge is 1.97. The zero-order valence-corrected chi connectivity index (χ0v) is 19.8. The van der Waals surface area contributed by atoms with Gasteiger partial charge in [-0.05, 0) is 24.7 Å². The second-order valence-corrected chi connectivity index (χ2v) is 8.56. The highest BCUT2D eigenvalue weighted by molar-refractivity contribution is 7.80. The zero-order chi connectivity index (χ0) is 21.0. The molecule has 1 aromatic rings. The summed E-state index contributed by atoms with van der Waals surface area (Å²) < 4.78 is 0. The van der Waals surface area contributed by atoms with E-state index < -0.39 is 0 Å². The summed E-state index contributed by atoms with van der Waals surface area (Å²) in [6.07, 6.45) is 20.9. The Morgan fingerprint density at radius 3 is 1.93 bits per heavy atom. The molecule has 0 radical (unpaired) electrons. The molecule has 0 heterocycles. The number of nitrogens with one attached hydrogen (secondary N) is 2. The van der Waals surface area contributed by atoms with Gasteiger partial charge in [0.05, 0.1) is 6.21 Å². The first-order valence-corrected chi connectivity index (χ1v) is 12.3. The lowest BCUT2D eigenvalue weighted by Gasteiger charge is -2.07. The Kier molecular flexibility index (Phi) is 16.9. The van der Waals surface area contributed by atoms with E-state index >= 15 is 0 Å². The Morgan fingerprint density at radius 1 is 0.862 bits per heavy atom. The molecule has 5 heteroatoms. The van der Waals surface area contributed by atoms with Gasteiger partial charge < -0.3 is 5.32 Å². The smallest absolute Gasteiger partial charge is 0.186 e. The van der Waals surface area contributed by atoms with Crippen LogP contribution in [0.25, 0.3) is 0 Å². The second kappa shape index (κ2) is 18.9. The maximum atomic E-state index is 6.08. The molecule has 1 rings (SSSR count). The standard InChI is InChI=1S/C24H40ClN3S/c1-2-3-4-5-6-7-8-9-10-11-12-13-14-17-20-26-24(29)28-27-21-22-18-15-16-19-23(22)25/h15-16,18-19,21H,2-14,17,20H2,1H3,(H2,26,28,29)/b27-21-. The van der Waals surface area contributed by atoms with Gasteiger partial charge in [-0.2, -0.15) is 5.10 Å². The summed E-state index contributed by atoms with van der Waals surface area (Å²) in [4.78, 5) is 0. The highest BCUT2D eigenvalue weighted by Crippen LogP contribution is 2.13. The van der Waals surface area contributed by atoms with Gasteiger partial charge in [-0.3, -0.25) is 5.43 Å². The van der Waals surface area contributed by atoms with Gasteiger partial charge in [0.2, 0.25) is 0 Å². The van der Waals surface area contributed by atoms with E-state index in [1.54, 1.807) is 6.21 Å². The Bertz CT molecular complexity index is 563. The van der Waals surface area contributed by atoms with Gasteiger partial charge in [0, 0.05) is 17.1 Å². The summed E-state index contributed by atoms with van der Waals surface area (Å²) in [5.41, 5.74) is 3.71. The summed E-state index contributed by atoms with van der Waals surface area (Å²) in [6, 6.07) is 7.59. The van der Waals surface area contributed by atoms with Crippen LogP contribution in [-0.2, 0) is 0 Å². The lowest BCUT2D eigenvalue weighted by Crippen LogP contribution is -2.32. The average Bonchev–Trinajstić information content (AvgIpc) is 2.72. The first-order chi connectivity index (χ1) is 14.2. The number of hydrazone groups is 1. The fourth-order valence-corrected chi connectivity index (χ4v) is 3.64. The third-order valence-electron chi connectivity index (χ3n) is 5.09. The fourth-order valence-electron chi connectivity index (χ4n) is 3.30. The van der Waals surface area contributed by atoms with Crippen molar-refractivity contribution in [2.24, 2.45) is 5.10 Å². The Hall–Kier alpha value is -1.13. The van der Waals surface area contributed by atoms with Crippen LogP contribution in [0.4, 0.5) is 0 Å². The minimum Gasteiger partial charge on any atom is -0.361 e. The highest BCUT2D eigenvalue weighted by atomic mass is 35.5. The van der Waals surface area contributed by atoms with Crippen molar-refractivity contribution in [3.8, 4) is 0 Å². The largest absolute Gasteiger partial charge is 0.361 e. The number of unbranched alkanes of at least 4 members (excludes halogenated alkanes) is 13. The molecule has 29 heavy (non-hydrogen) atoms. The maximum absolute atomic E-state index is 6.08. The van der Waals surface area contributed by atoms with Gasteiger partial charge >= 0.3 is 0 Å². The van der Waals surface area contributed by atoms with E-state index in [1.165, 1.54) is 83.5 Å². The molecule has 1 aromatic carbocycles. The van der Waals surface area contributed by atoms with Crippen LogP contribution < -0.4 is 10.7 Å². The van der Waals surface area contributed by atoms with Crippen molar-refractivity contribution in [3.63, 3.8) is 0 Å². The molecule has 0 fully saturated rings. The van der Waals surface area contributed by atoms with Crippen molar-refractivity contribution < 1.29 is 0 Å². The molecule has 0 saturated heterocycles. The lowest BCUT2D eigenvalue weighted by molar-refractivity contribution is 0.535. The fraction of sp³-hybridized carbons (Fsp3) is 0.667. The van der Waals surface area contributed by atoms with E-state index in [0.717, 1.165) is 18.5 Å². The van der Waals surface area contributed by atoms with Gasteiger partial charge in [0.25, 0.3) is 0 Å². The molecule has 0 aromatic heterocycles. The number of hydrogen-bond acceptors (Lipinski definition) is 2. The van der Waals surface area contributed by atoms with Crippen molar-refractivity contribution >= 4 is 35.1 Å². The Morgan fingerprint density at radius 2 is 1.38 bits per heavy atom. The Labute approximate surface area is 189 Å².